The van der Waals surface area contributed by atoms with Gasteiger partial charge in [-0.2, -0.15) is 0 Å². The molecule has 1 fully saturated rings. The standard InChI is InChI=1S/C13H27NO3/c1-4-6-14-13(12-5-7-16-9-12)10-17-11(2)8-15-3/h11-14H,4-10H2,1-3H3. The van der Waals surface area contributed by atoms with Crippen LogP contribution in [-0.2, 0) is 14.2 Å². The van der Waals surface area contributed by atoms with Gasteiger partial charge in [-0.1, -0.05) is 6.92 Å². The van der Waals surface area contributed by atoms with Crippen molar-refractivity contribution in [1.29, 1.82) is 0 Å². The molecule has 0 bridgehead atoms. The summed E-state index contributed by atoms with van der Waals surface area (Å²) in [7, 11) is 1.71. The van der Waals surface area contributed by atoms with E-state index in [-0.39, 0.29) is 6.10 Å². The first-order valence-corrected chi connectivity index (χ1v) is 6.69. The molecule has 0 radical (unpaired) electrons. The van der Waals surface area contributed by atoms with Crippen molar-refractivity contribution < 1.29 is 14.2 Å². The van der Waals surface area contributed by atoms with Gasteiger partial charge < -0.3 is 19.5 Å². The molecule has 102 valence electrons. The second-order valence-corrected chi connectivity index (χ2v) is 4.78. The third-order valence-electron chi connectivity index (χ3n) is 3.15. The number of methoxy groups -OCH3 is 1. The van der Waals surface area contributed by atoms with Crippen LogP contribution in [0.25, 0.3) is 0 Å². The van der Waals surface area contributed by atoms with Gasteiger partial charge in [-0.3, -0.25) is 0 Å². The maximum atomic E-state index is 5.81. The van der Waals surface area contributed by atoms with Crippen LogP contribution in [0.2, 0.25) is 0 Å². The highest BCUT2D eigenvalue weighted by atomic mass is 16.5. The predicted molar refractivity (Wildman–Crippen MR) is 68.3 cm³/mol. The Hall–Kier alpha value is -0.160. The van der Waals surface area contributed by atoms with Gasteiger partial charge in [-0.05, 0) is 26.3 Å². The van der Waals surface area contributed by atoms with E-state index in [0.717, 1.165) is 39.2 Å². The Morgan fingerprint density at radius 2 is 2.24 bits per heavy atom. The van der Waals surface area contributed by atoms with Crippen LogP contribution in [-0.4, -0.2) is 52.2 Å². The largest absolute Gasteiger partial charge is 0.382 e. The summed E-state index contributed by atoms with van der Waals surface area (Å²) in [6, 6.07) is 0.414. The summed E-state index contributed by atoms with van der Waals surface area (Å²) in [6.07, 6.45) is 2.45. The van der Waals surface area contributed by atoms with E-state index in [2.05, 4.69) is 12.2 Å². The van der Waals surface area contributed by atoms with Gasteiger partial charge in [-0.25, -0.2) is 0 Å². The summed E-state index contributed by atoms with van der Waals surface area (Å²) in [6.45, 7) is 8.44. The lowest BCUT2D eigenvalue weighted by Gasteiger charge is -2.25. The average Bonchev–Trinajstić information content (AvgIpc) is 2.83. The average molecular weight is 245 g/mol. The van der Waals surface area contributed by atoms with Crippen molar-refractivity contribution in [1.82, 2.24) is 5.32 Å². The van der Waals surface area contributed by atoms with Crippen molar-refractivity contribution in [2.45, 2.75) is 38.8 Å². The first kappa shape index (κ1) is 14.9. The zero-order valence-corrected chi connectivity index (χ0v) is 11.4. The normalized spacial score (nSPS) is 23.8. The lowest BCUT2D eigenvalue weighted by molar-refractivity contribution is -0.00765. The highest BCUT2D eigenvalue weighted by Gasteiger charge is 2.25. The third kappa shape index (κ3) is 5.82. The molecule has 4 nitrogen and oxygen atoms in total. The zero-order valence-electron chi connectivity index (χ0n) is 11.4. The fourth-order valence-corrected chi connectivity index (χ4v) is 2.11. The Labute approximate surface area is 105 Å². The number of nitrogens with one attached hydrogen (secondary N) is 1. The molecule has 3 atom stereocenters. The lowest BCUT2D eigenvalue weighted by atomic mass is 9.99. The lowest BCUT2D eigenvalue weighted by Crippen LogP contribution is -2.42. The molecule has 0 saturated carbocycles. The molecule has 1 N–H and O–H groups in total. The summed E-state index contributed by atoms with van der Waals surface area (Å²) in [5.41, 5.74) is 0. The van der Waals surface area contributed by atoms with E-state index in [9.17, 15) is 0 Å². The van der Waals surface area contributed by atoms with E-state index in [1.165, 1.54) is 0 Å². The van der Waals surface area contributed by atoms with E-state index in [1.54, 1.807) is 7.11 Å². The molecule has 17 heavy (non-hydrogen) atoms. The van der Waals surface area contributed by atoms with E-state index in [1.807, 2.05) is 6.92 Å². The topological polar surface area (TPSA) is 39.7 Å². The molecule has 1 aliphatic heterocycles. The van der Waals surface area contributed by atoms with Crippen LogP contribution in [0.1, 0.15) is 26.7 Å². The van der Waals surface area contributed by atoms with Crippen molar-refractivity contribution in [3.8, 4) is 0 Å². The fourth-order valence-electron chi connectivity index (χ4n) is 2.11. The van der Waals surface area contributed by atoms with Crippen LogP contribution in [0.4, 0.5) is 0 Å². The predicted octanol–water partition coefficient (Wildman–Crippen LogP) is 1.44. The van der Waals surface area contributed by atoms with Gasteiger partial charge in [0.2, 0.25) is 0 Å². The van der Waals surface area contributed by atoms with Crippen molar-refractivity contribution in [2.75, 3.05) is 40.1 Å². The fraction of sp³-hybridized carbons (Fsp3) is 1.00. The Balaban J connectivity index is 2.29. The molecule has 0 amide bonds. The first-order valence-electron chi connectivity index (χ1n) is 6.69. The Bertz CT molecular complexity index is 184. The van der Waals surface area contributed by atoms with Crippen LogP contribution >= 0.6 is 0 Å². The molecule has 1 aliphatic rings. The maximum Gasteiger partial charge on any atom is 0.0781 e. The van der Waals surface area contributed by atoms with E-state index in [0.29, 0.717) is 18.6 Å². The molecule has 0 aliphatic carbocycles. The second kappa shape index (κ2) is 8.86. The third-order valence-corrected chi connectivity index (χ3v) is 3.15. The van der Waals surface area contributed by atoms with Gasteiger partial charge in [0, 0.05) is 25.7 Å². The Morgan fingerprint density at radius 1 is 1.41 bits per heavy atom. The summed E-state index contributed by atoms with van der Waals surface area (Å²) >= 11 is 0. The molecule has 0 aromatic heterocycles. The van der Waals surface area contributed by atoms with E-state index < -0.39 is 0 Å². The van der Waals surface area contributed by atoms with Crippen molar-refractivity contribution >= 4 is 0 Å². The molecule has 3 unspecified atom stereocenters. The number of hydrogen-bond acceptors (Lipinski definition) is 4. The number of ether oxygens (including phenoxy) is 3. The van der Waals surface area contributed by atoms with Crippen LogP contribution in [0, 0.1) is 5.92 Å². The maximum absolute atomic E-state index is 5.81. The Kier molecular flexibility index (Phi) is 7.77. The van der Waals surface area contributed by atoms with Gasteiger partial charge >= 0.3 is 0 Å². The minimum absolute atomic E-state index is 0.160. The van der Waals surface area contributed by atoms with Crippen LogP contribution in [0.15, 0.2) is 0 Å². The highest BCUT2D eigenvalue weighted by molar-refractivity contribution is 4.79. The Morgan fingerprint density at radius 3 is 2.82 bits per heavy atom. The van der Waals surface area contributed by atoms with Crippen molar-refractivity contribution in [3.05, 3.63) is 0 Å². The molecule has 1 rings (SSSR count). The second-order valence-electron chi connectivity index (χ2n) is 4.78. The van der Waals surface area contributed by atoms with Crippen molar-refractivity contribution in [2.24, 2.45) is 5.92 Å². The van der Waals surface area contributed by atoms with E-state index in [4.69, 9.17) is 14.2 Å². The van der Waals surface area contributed by atoms with Crippen LogP contribution < -0.4 is 5.32 Å². The smallest absolute Gasteiger partial charge is 0.0781 e. The first-order chi connectivity index (χ1) is 8.27. The number of rotatable bonds is 9. The number of hydrogen-bond donors (Lipinski definition) is 1. The molecule has 0 aromatic rings. The molecule has 1 heterocycles. The van der Waals surface area contributed by atoms with Crippen LogP contribution in [0.3, 0.4) is 0 Å². The zero-order chi connectivity index (χ0) is 12.5. The minimum Gasteiger partial charge on any atom is -0.382 e. The quantitative estimate of drug-likeness (QED) is 0.667. The summed E-state index contributed by atoms with van der Waals surface area (Å²) in [4.78, 5) is 0. The molecule has 1 saturated heterocycles. The van der Waals surface area contributed by atoms with Gasteiger partial charge in [0.15, 0.2) is 0 Å². The summed E-state index contributed by atoms with van der Waals surface area (Å²) < 4.78 is 16.3. The summed E-state index contributed by atoms with van der Waals surface area (Å²) in [5, 5.41) is 3.56. The molecule has 4 heteroatoms. The SMILES string of the molecule is CCCNC(COC(C)COC)C1CCOC1. The summed E-state index contributed by atoms with van der Waals surface area (Å²) in [5.74, 6) is 0.594. The van der Waals surface area contributed by atoms with Crippen LogP contribution in [0.5, 0.6) is 0 Å². The molecule has 0 aromatic carbocycles. The van der Waals surface area contributed by atoms with Gasteiger partial charge in [-0.15, -0.1) is 0 Å². The van der Waals surface area contributed by atoms with Crippen molar-refractivity contribution in [3.63, 3.8) is 0 Å². The molecular weight excluding hydrogens is 218 g/mol. The van der Waals surface area contributed by atoms with E-state index >= 15 is 0 Å². The van der Waals surface area contributed by atoms with Gasteiger partial charge in [0.25, 0.3) is 0 Å². The minimum atomic E-state index is 0.160. The molecular formula is C13H27NO3. The van der Waals surface area contributed by atoms with Gasteiger partial charge in [0.1, 0.15) is 0 Å². The van der Waals surface area contributed by atoms with Gasteiger partial charge in [0.05, 0.1) is 25.9 Å². The highest BCUT2D eigenvalue weighted by Crippen LogP contribution is 2.17. The monoisotopic (exact) mass is 245 g/mol. The molecule has 0 spiro atoms.